The molecule has 0 saturated heterocycles. The van der Waals surface area contributed by atoms with Crippen LogP contribution in [0.2, 0.25) is 0 Å². The first kappa shape index (κ1) is 16.7. The molecule has 0 atom stereocenters. The maximum absolute atomic E-state index is 13.0. The lowest BCUT2D eigenvalue weighted by atomic mass is 10.2. The second-order valence-corrected chi connectivity index (χ2v) is 8.46. The van der Waals surface area contributed by atoms with Gasteiger partial charge in [-0.05, 0) is 18.1 Å². The fourth-order valence-corrected chi connectivity index (χ4v) is 5.34. The first-order valence-electron chi connectivity index (χ1n) is 7.46. The first-order chi connectivity index (χ1) is 11.5. The van der Waals surface area contributed by atoms with Crippen molar-refractivity contribution in [2.24, 2.45) is 0 Å². The number of rotatable bonds is 5. The van der Waals surface area contributed by atoms with Gasteiger partial charge in [0.2, 0.25) is 10.0 Å². The summed E-state index contributed by atoms with van der Waals surface area (Å²) < 4.78 is 28.1. The molecule has 0 aliphatic carbocycles. The summed E-state index contributed by atoms with van der Waals surface area (Å²) in [5.74, 6) is 0. The van der Waals surface area contributed by atoms with E-state index < -0.39 is 10.0 Å². The van der Waals surface area contributed by atoms with Crippen LogP contribution in [-0.4, -0.2) is 26.3 Å². The van der Waals surface area contributed by atoms with E-state index in [0.717, 1.165) is 10.3 Å². The molecule has 1 heterocycles. The molecule has 0 N–H and O–H groups in total. The van der Waals surface area contributed by atoms with Crippen molar-refractivity contribution in [1.82, 2.24) is 4.31 Å². The molecular weight excluding hydrogens is 340 g/mol. The Bertz CT molecular complexity index is 1000. The maximum atomic E-state index is 13.0. The number of fused-ring (bicyclic) bond motifs is 1. The Morgan fingerprint density at radius 2 is 1.75 bits per heavy atom. The van der Waals surface area contributed by atoms with E-state index in [1.54, 1.807) is 19.2 Å². The Morgan fingerprint density at radius 3 is 2.46 bits per heavy atom. The fourth-order valence-electron chi connectivity index (χ4n) is 2.56. The third-order valence-corrected chi connectivity index (χ3v) is 7.03. The van der Waals surface area contributed by atoms with Gasteiger partial charge in [-0.2, -0.15) is 5.26 Å². The van der Waals surface area contributed by atoms with Crippen molar-refractivity contribution in [2.45, 2.75) is 11.3 Å². The van der Waals surface area contributed by atoms with Crippen LogP contribution in [-0.2, 0) is 16.4 Å². The predicted molar refractivity (Wildman–Crippen MR) is 96.5 cm³/mol. The highest BCUT2D eigenvalue weighted by Crippen LogP contribution is 2.35. The number of nitrogens with zero attached hydrogens (tertiary/aromatic N) is 2. The third kappa shape index (κ3) is 3.06. The highest BCUT2D eigenvalue weighted by molar-refractivity contribution is 7.89. The lowest BCUT2D eigenvalue weighted by molar-refractivity contribution is 0.473. The van der Waals surface area contributed by atoms with Crippen LogP contribution < -0.4 is 0 Å². The number of benzene rings is 2. The second-order valence-electron chi connectivity index (χ2n) is 5.43. The van der Waals surface area contributed by atoms with Gasteiger partial charge in [0.1, 0.15) is 15.8 Å². The van der Waals surface area contributed by atoms with Crippen molar-refractivity contribution in [3.63, 3.8) is 0 Å². The van der Waals surface area contributed by atoms with Crippen molar-refractivity contribution in [3.05, 3.63) is 65.0 Å². The van der Waals surface area contributed by atoms with Crippen molar-refractivity contribution in [1.29, 1.82) is 5.26 Å². The lowest BCUT2D eigenvalue weighted by Crippen LogP contribution is -2.29. The van der Waals surface area contributed by atoms with E-state index in [2.05, 4.69) is 0 Å². The van der Waals surface area contributed by atoms with E-state index in [4.69, 9.17) is 0 Å². The Balaban J connectivity index is 1.94. The summed E-state index contributed by atoms with van der Waals surface area (Å²) in [6.07, 6.45) is 0.626. The molecule has 0 amide bonds. The third-order valence-electron chi connectivity index (χ3n) is 3.88. The Morgan fingerprint density at radius 1 is 1.08 bits per heavy atom. The van der Waals surface area contributed by atoms with E-state index in [9.17, 15) is 13.7 Å². The van der Waals surface area contributed by atoms with E-state index in [1.165, 1.54) is 15.6 Å². The largest absolute Gasteiger partial charge is 0.245 e. The summed E-state index contributed by atoms with van der Waals surface area (Å²) in [7, 11) is -2.15. The van der Waals surface area contributed by atoms with Gasteiger partial charge in [-0.25, -0.2) is 12.7 Å². The minimum absolute atomic E-state index is 0.126. The summed E-state index contributed by atoms with van der Waals surface area (Å²) >= 11 is 1.22. The van der Waals surface area contributed by atoms with Gasteiger partial charge in [-0.3, -0.25) is 0 Å². The average molecular weight is 356 g/mol. The smallest absolute Gasteiger partial charge is 0.207 e. The molecule has 0 radical (unpaired) electrons. The number of nitriles is 1. The molecule has 0 aliphatic heterocycles. The number of thiophene rings is 1. The fraction of sp³-hybridized carbons (Fsp3) is 0.167. The first-order valence-corrected chi connectivity index (χ1v) is 9.71. The van der Waals surface area contributed by atoms with Crippen molar-refractivity contribution in [2.75, 3.05) is 13.6 Å². The molecular formula is C18H16N2O2S2. The number of hydrogen-bond donors (Lipinski definition) is 0. The Kier molecular flexibility index (Phi) is 4.67. The zero-order chi connectivity index (χ0) is 17.2. The molecule has 2 aromatic carbocycles. The zero-order valence-corrected chi connectivity index (χ0v) is 14.8. The van der Waals surface area contributed by atoms with Gasteiger partial charge >= 0.3 is 0 Å². The van der Waals surface area contributed by atoms with E-state index in [1.807, 2.05) is 48.5 Å². The van der Waals surface area contributed by atoms with Gasteiger partial charge in [-0.1, -0.05) is 48.5 Å². The van der Waals surface area contributed by atoms with Gasteiger partial charge in [-0.15, -0.1) is 11.3 Å². The summed E-state index contributed by atoms with van der Waals surface area (Å²) in [5, 5.41) is 9.97. The maximum Gasteiger partial charge on any atom is 0.245 e. The topological polar surface area (TPSA) is 61.2 Å². The highest BCUT2D eigenvalue weighted by atomic mass is 32.2. The van der Waals surface area contributed by atoms with Gasteiger partial charge < -0.3 is 0 Å². The van der Waals surface area contributed by atoms with Crippen LogP contribution >= 0.6 is 11.3 Å². The van der Waals surface area contributed by atoms with Crippen LogP contribution in [0, 0.1) is 11.3 Å². The number of likely N-dealkylation sites (N-methyl/N-ethyl adjacent to an activating group) is 1. The predicted octanol–water partition coefficient (Wildman–Crippen LogP) is 3.64. The molecule has 0 fully saturated rings. The van der Waals surface area contributed by atoms with Crippen molar-refractivity contribution >= 4 is 31.4 Å². The van der Waals surface area contributed by atoms with Crippen molar-refractivity contribution in [3.8, 4) is 6.07 Å². The molecule has 0 spiro atoms. The number of sulfonamides is 1. The zero-order valence-electron chi connectivity index (χ0n) is 13.1. The quantitative estimate of drug-likeness (QED) is 0.701. The summed E-state index contributed by atoms with van der Waals surface area (Å²) in [5.41, 5.74) is 1.08. The van der Waals surface area contributed by atoms with Crippen LogP contribution in [0.1, 0.15) is 10.4 Å². The highest BCUT2D eigenvalue weighted by Gasteiger charge is 2.28. The Labute approximate surface area is 145 Å². The normalized spacial score (nSPS) is 11.7. The van der Waals surface area contributed by atoms with Gasteiger partial charge in [0, 0.05) is 23.7 Å². The molecule has 1 aromatic heterocycles. The minimum Gasteiger partial charge on any atom is -0.207 e. The Hall–Kier alpha value is -2.20. The van der Waals surface area contributed by atoms with E-state index in [0.29, 0.717) is 18.4 Å². The monoisotopic (exact) mass is 356 g/mol. The lowest BCUT2D eigenvalue weighted by Gasteiger charge is -2.17. The number of hydrogen-bond acceptors (Lipinski definition) is 4. The summed E-state index contributed by atoms with van der Waals surface area (Å²) in [6.45, 7) is 0.362. The van der Waals surface area contributed by atoms with E-state index >= 15 is 0 Å². The molecule has 24 heavy (non-hydrogen) atoms. The van der Waals surface area contributed by atoms with Gasteiger partial charge in [0.05, 0.1) is 0 Å². The SMILES string of the molecule is CN(CCc1ccccc1)S(=O)(=O)c1c(C#N)sc2ccccc12. The summed E-state index contributed by atoms with van der Waals surface area (Å²) in [6, 6.07) is 19.0. The molecule has 4 nitrogen and oxygen atoms in total. The van der Waals surface area contributed by atoms with Crippen molar-refractivity contribution < 1.29 is 8.42 Å². The molecule has 3 rings (SSSR count). The van der Waals surface area contributed by atoms with Crippen LogP contribution in [0.5, 0.6) is 0 Å². The minimum atomic E-state index is -3.71. The van der Waals surface area contributed by atoms with Crippen LogP contribution in [0.15, 0.2) is 59.5 Å². The van der Waals surface area contributed by atoms with Crippen LogP contribution in [0.25, 0.3) is 10.1 Å². The molecule has 122 valence electrons. The van der Waals surface area contributed by atoms with Crippen LogP contribution in [0.4, 0.5) is 0 Å². The standard InChI is InChI=1S/C18H16N2O2S2/c1-20(12-11-14-7-3-2-4-8-14)24(21,22)18-15-9-5-6-10-16(15)23-17(18)13-19/h2-10H,11-12H2,1H3. The van der Waals surface area contributed by atoms with Gasteiger partial charge in [0.25, 0.3) is 0 Å². The molecule has 6 heteroatoms. The molecule has 3 aromatic rings. The molecule has 0 bridgehead atoms. The molecule has 0 aliphatic rings. The molecule has 0 unspecified atom stereocenters. The average Bonchev–Trinajstić information content (AvgIpc) is 2.99. The second kappa shape index (κ2) is 6.73. The van der Waals surface area contributed by atoms with Crippen LogP contribution in [0.3, 0.4) is 0 Å². The molecule has 0 saturated carbocycles. The van der Waals surface area contributed by atoms with E-state index in [-0.39, 0.29) is 9.77 Å². The summed E-state index contributed by atoms with van der Waals surface area (Å²) in [4.78, 5) is 0.365. The van der Waals surface area contributed by atoms with Gasteiger partial charge in [0.15, 0.2) is 0 Å².